The molecule has 0 atom stereocenters. The average molecular weight is 358 g/mol. The Morgan fingerprint density at radius 2 is 1.76 bits per heavy atom. The molecule has 0 saturated heterocycles. The predicted octanol–water partition coefficient (Wildman–Crippen LogP) is 3.60. The molecule has 0 aliphatic heterocycles. The van der Waals surface area contributed by atoms with E-state index in [1.165, 1.54) is 0 Å². The van der Waals surface area contributed by atoms with Crippen LogP contribution in [0.4, 0.5) is 0 Å². The highest BCUT2D eigenvalue weighted by molar-refractivity contribution is 9.11. The summed E-state index contributed by atoms with van der Waals surface area (Å²) in [5, 5.41) is 0. The van der Waals surface area contributed by atoms with Crippen molar-refractivity contribution in [2.24, 2.45) is 0 Å². The van der Waals surface area contributed by atoms with Crippen LogP contribution in [0.5, 0.6) is 5.75 Å². The number of ether oxygens (including phenoxy) is 1. The van der Waals surface area contributed by atoms with Crippen LogP contribution < -0.4 is 4.74 Å². The van der Waals surface area contributed by atoms with E-state index in [2.05, 4.69) is 41.8 Å². The van der Waals surface area contributed by atoms with Gasteiger partial charge in [0.15, 0.2) is 0 Å². The summed E-state index contributed by atoms with van der Waals surface area (Å²) in [5.74, 6) is 1.60. The van der Waals surface area contributed by atoms with Crippen molar-refractivity contribution >= 4 is 31.9 Å². The minimum Gasteiger partial charge on any atom is -0.496 e. The summed E-state index contributed by atoms with van der Waals surface area (Å²) in [5.41, 5.74) is 1.07. The van der Waals surface area contributed by atoms with Crippen molar-refractivity contribution < 1.29 is 4.74 Å². The number of para-hydroxylation sites is 1. The molecule has 0 fully saturated rings. The quantitative estimate of drug-likeness (QED) is 0.787. The van der Waals surface area contributed by atoms with Crippen LogP contribution in [0.1, 0.15) is 11.4 Å². The summed E-state index contributed by atoms with van der Waals surface area (Å²) < 4.78 is 6.83. The van der Waals surface area contributed by atoms with Gasteiger partial charge in [0, 0.05) is 18.1 Å². The molecule has 1 aromatic carbocycles. The Morgan fingerprint density at radius 1 is 1.12 bits per heavy atom. The lowest BCUT2D eigenvalue weighted by Crippen LogP contribution is -1.99. The molecule has 88 valence electrons. The van der Waals surface area contributed by atoms with E-state index in [-0.39, 0.29) is 0 Å². The van der Waals surface area contributed by atoms with E-state index in [9.17, 15) is 0 Å². The van der Waals surface area contributed by atoms with E-state index < -0.39 is 0 Å². The van der Waals surface area contributed by atoms with Gasteiger partial charge in [0.2, 0.25) is 0 Å². The fourth-order valence-electron chi connectivity index (χ4n) is 1.53. The third kappa shape index (κ3) is 3.26. The molecule has 0 bridgehead atoms. The first kappa shape index (κ1) is 12.5. The summed E-state index contributed by atoms with van der Waals surface area (Å²) in [7, 11) is 1.66. The molecule has 0 saturated carbocycles. The van der Waals surface area contributed by atoms with Crippen molar-refractivity contribution in [1.29, 1.82) is 0 Å². The summed E-state index contributed by atoms with van der Waals surface area (Å²) in [6.45, 7) is 0. The molecule has 5 heteroatoms. The van der Waals surface area contributed by atoms with Crippen molar-refractivity contribution in [1.82, 2.24) is 9.97 Å². The lowest BCUT2D eigenvalue weighted by Gasteiger charge is -2.07. The van der Waals surface area contributed by atoms with Gasteiger partial charge in [-0.3, -0.25) is 0 Å². The molecule has 0 N–H and O–H groups in total. The first-order valence-corrected chi connectivity index (χ1v) is 6.58. The van der Waals surface area contributed by atoms with E-state index in [0.29, 0.717) is 6.42 Å². The Balaban J connectivity index is 2.31. The van der Waals surface area contributed by atoms with E-state index in [4.69, 9.17) is 4.74 Å². The molecule has 17 heavy (non-hydrogen) atoms. The van der Waals surface area contributed by atoms with Gasteiger partial charge in [-0.1, -0.05) is 18.2 Å². The molecule has 0 aliphatic carbocycles. The Hall–Kier alpha value is -0.940. The van der Waals surface area contributed by atoms with E-state index >= 15 is 0 Å². The van der Waals surface area contributed by atoms with Crippen molar-refractivity contribution in [2.75, 3.05) is 7.11 Å². The van der Waals surface area contributed by atoms with Crippen molar-refractivity contribution in [2.45, 2.75) is 6.42 Å². The van der Waals surface area contributed by atoms with Gasteiger partial charge in [0.1, 0.15) is 20.8 Å². The van der Waals surface area contributed by atoms with Crippen LogP contribution in [0.2, 0.25) is 0 Å². The number of hydrogen-bond donors (Lipinski definition) is 0. The van der Waals surface area contributed by atoms with Gasteiger partial charge in [-0.15, -0.1) is 0 Å². The third-order valence-corrected chi connectivity index (χ3v) is 3.06. The van der Waals surface area contributed by atoms with Crippen LogP contribution >= 0.6 is 31.9 Å². The lowest BCUT2D eigenvalue weighted by atomic mass is 10.1. The molecule has 0 amide bonds. The van der Waals surface area contributed by atoms with E-state index in [1.54, 1.807) is 7.11 Å². The maximum Gasteiger partial charge on any atom is 0.135 e. The Morgan fingerprint density at radius 3 is 2.41 bits per heavy atom. The van der Waals surface area contributed by atoms with Gasteiger partial charge < -0.3 is 4.74 Å². The van der Waals surface area contributed by atoms with Gasteiger partial charge in [-0.2, -0.15) is 0 Å². The molecule has 0 spiro atoms. The molecule has 2 aromatic rings. The number of aromatic nitrogens is 2. The fraction of sp³-hybridized carbons (Fsp3) is 0.167. The highest BCUT2D eigenvalue weighted by atomic mass is 79.9. The predicted molar refractivity (Wildman–Crippen MR) is 73.2 cm³/mol. The highest BCUT2D eigenvalue weighted by Crippen LogP contribution is 2.21. The fourth-order valence-corrected chi connectivity index (χ4v) is 2.68. The first-order chi connectivity index (χ1) is 8.19. The summed E-state index contributed by atoms with van der Waals surface area (Å²) in [4.78, 5) is 8.65. The summed E-state index contributed by atoms with van der Waals surface area (Å²) >= 11 is 6.70. The number of benzene rings is 1. The first-order valence-electron chi connectivity index (χ1n) is 5.00. The minimum absolute atomic E-state index is 0.641. The van der Waals surface area contributed by atoms with Crippen LogP contribution in [0, 0.1) is 0 Å². The van der Waals surface area contributed by atoms with Crippen LogP contribution in [-0.4, -0.2) is 17.1 Å². The highest BCUT2D eigenvalue weighted by Gasteiger charge is 2.06. The molecule has 0 aliphatic rings. The van der Waals surface area contributed by atoms with E-state index in [0.717, 1.165) is 26.3 Å². The summed E-state index contributed by atoms with van der Waals surface area (Å²) in [6.07, 6.45) is 0.641. The van der Waals surface area contributed by atoms with Gasteiger partial charge in [0.05, 0.1) is 7.11 Å². The summed E-state index contributed by atoms with van der Waals surface area (Å²) in [6, 6.07) is 9.68. The molecule has 1 heterocycles. The van der Waals surface area contributed by atoms with Crippen LogP contribution in [-0.2, 0) is 6.42 Å². The maximum atomic E-state index is 5.30. The van der Waals surface area contributed by atoms with Crippen LogP contribution in [0.25, 0.3) is 0 Å². The third-order valence-electron chi connectivity index (χ3n) is 2.25. The van der Waals surface area contributed by atoms with Gasteiger partial charge >= 0.3 is 0 Å². The zero-order chi connectivity index (χ0) is 12.3. The molecule has 0 radical (unpaired) electrons. The van der Waals surface area contributed by atoms with Crippen LogP contribution in [0.15, 0.2) is 39.5 Å². The van der Waals surface area contributed by atoms with Crippen molar-refractivity contribution in [3.05, 3.63) is 50.9 Å². The standard InChI is InChI=1S/C12H10Br2N2O/c1-17-9-5-3-2-4-8(9)6-12-15-10(13)7-11(14)16-12/h2-5,7H,6H2,1H3. The minimum atomic E-state index is 0.641. The average Bonchev–Trinajstić information content (AvgIpc) is 2.28. The van der Waals surface area contributed by atoms with E-state index in [1.807, 2.05) is 30.3 Å². The second-order valence-electron chi connectivity index (χ2n) is 3.42. The second kappa shape index (κ2) is 5.60. The van der Waals surface area contributed by atoms with Crippen molar-refractivity contribution in [3.63, 3.8) is 0 Å². The number of methoxy groups -OCH3 is 1. The SMILES string of the molecule is COc1ccccc1Cc1nc(Br)cc(Br)n1. The number of hydrogen-bond acceptors (Lipinski definition) is 3. The lowest BCUT2D eigenvalue weighted by molar-refractivity contribution is 0.410. The number of halogens is 2. The normalized spacial score (nSPS) is 10.3. The Kier molecular flexibility index (Phi) is 4.12. The van der Waals surface area contributed by atoms with Crippen molar-refractivity contribution in [3.8, 4) is 5.75 Å². The second-order valence-corrected chi connectivity index (χ2v) is 5.04. The molecular formula is C12H10Br2N2O. The van der Waals surface area contributed by atoms with Gasteiger partial charge in [-0.25, -0.2) is 9.97 Å². The topological polar surface area (TPSA) is 35.0 Å². The maximum absolute atomic E-state index is 5.30. The Labute approximate surface area is 117 Å². The smallest absolute Gasteiger partial charge is 0.135 e. The largest absolute Gasteiger partial charge is 0.496 e. The zero-order valence-electron chi connectivity index (χ0n) is 9.15. The molecule has 3 nitrogen and oxygen atoms in total. The van der Waals surface area contributed by atoms with Gasteiger partial charge in [-0.05, 0) is 37.9 Å². The number of rotatable bonds is 3. The Bertz CT molecular complexity index is 511. The molecular weight excluding hydrogens is 348 g/mol. The zero-order valence-corrected chi connectivity index (χ0v) is 12.3. The number of nitrogens with zero attached hydrogens (tertiary/aromatic N) is 2. The van der Waals surface area contributed by atoms with Gasteiger partial charge in [0.25, 0.3) is 0 Å². The molecule has 1 aromatic heterocycles. The molecule has 2 rings (SSSR count). The monoisotopic (exact) mass is 356 g/mol. The van der Waals surface area contributed by atoms with Crippen LogP contribution in [0.3, 0.4) is 0 Å². The molecule has 0 unspecified atom stereocenters.